The van der Waals surface area contributed by atoms with Gasteiger partial charge in [0.25, 0.3) is 15.9 Å². The zero-order valence-corrected chi connectivity index (χ0v) is 18.7. The lowest BCUT2D eigenvalue weighted by atomic mass is 10.1. The fourth-order valence-corrected chi connectivity index (χ4v) is 4.75. The predicted molar refractivity (Wildman–Crippen MR) is 126 cm³/mol. The Morgan fingerprint density at radius 2 is 1.75 bits per heavy atom. The van der Waals surface area contributed by atoms with E-state index in [2.05, 4.69) is 15.0 Å². The Morgan fingerprint density at radius 3 is 2.50 bits per heavy atom. The van der Waals surface area contributed by atoms with Crippen molar-refractivity contribution < 1.29 is 18.3 Å². The van der Waals surface area contributed by atoms with Gasteiger partial charge in [0.05, 0.1) is 16.2 Å². The number of carbonyl (C=O) groups excluding carboxylic acids is 1. The molecule has 4 aromatic rings. The fraction of sp³-hybridized carbons (Fsp3) is 0. The second kappa shape index (κ2) is 8.99. The summed E-state index contributed by atoms with van der Waals surface area (Å²) < 4.78 is 27.8. The molecule has 0 aliphatic rings. The minimum atomic E-state index is -3.78. The highest BCUT2D eigenvalue weighted by Gasteiger charge is 2.16. The van der Waals surface area contributed by atoms with Gasteiger partial charge < -0.3 is 5.11 Å². The lowest BCUT2D eigenvalue weighted by Gasteiger charge is -2.09. The van der Waals surface area contributed by atoms with Crippen molar-refractivity contribution >= 4 is 49.7 Å². The number of hydrogen-bond acceptors (Lipinski definition) is 6. The summed E-state index contributed by atoms with van der Waals surface area (Å²) in [7, 11) is -3.78. The SMILES string of the molecule is O=C(Nc1nc(-c2cccc(NS(=O)(=O)c3ccc(Cl)cc3)c2)cs1)c1ccccc1O. The van der Waals surface area contributed by atoms with Gasteiger partial charge in [-0.1, -0.05) is 35.9 Å². The Morgan fingerprint density at radius 1 is 1.00 bits per heavy atom. The third kappa shape index (κ3) is 4.91. The Bertz CT molecular complexity index is 1390. The Labute approximate surface area is 193 Å². The lowest BCUT2D eigenvalue weighted by molar-refractivity contribution is 0.102. The van der Waals surface area contributed by atoms with E-state index in [1.54, 1.807) is 41.8 Å². The molecule has 1 amide bonds. The maximum Gasteiger partial charge on any atom is 0.261 e. The molecule has 0 fully saturated rings. The summed E-state index contributed by atoms with van der Waals surface area (Å²) in [5, 5.41) is 15.0. The van der Waals surface area contributed by atoms with E-state index < -0.39 is 15.9 Å². The van der Waals surface area contributed by atoms with E-state index in [0.29, 0.717) is 27.1 Å². The first-order valence-electron chi connectivity index (χ1n) is 9.25. The van der Waals surface area contributed by atoms with Gasteiger partial charge in [0.2, 0.25) is 0 Å². The van der Waals surface area contributed by atoms with Crippen molar-refractivity contribution in [2.75, 3.05) is 10.0 Å². The van der Waals surface area contributed by atoms with Crippen LogP contribution in [-0.4, -0.2) is 24.4 Å². The number of sulfonamides is 1. The number of anilines is 2. The molecular formula is C22H16ClN3O4S2. The van der Waals surface area contributed by atoms with Crippen molar-refractivity contribution in [3.05, 3.63) is 88.8 Å². The number of phenolic OH excluding ortho intramolecular Hbond substituents is 1. The average Bonchev–Trinajstić information content (AvgIpc) is 3.23. The molecule has 7 nitrogen and oxygen atoms in total. The number of amides is 1. The first kappa shape index (κ1) is 21.8. The highest BCUT2D eigenvalue weighted by molar-refractivity contribution is 7.92. The van der Waals surface area contributed by atoms with E-state index >= 15 is 0 Å². The van der Waals surface area contributed by atoms with Gasteiger partial charge in [-0.3, -0.25) is 14.8 Å². The Hall–Kier alpha value is -3.40. The molecule has 0 aliphatic carbocycles. The second-order valence-electron chi connectivity index (χ2n) is 6.65. The van der Waals surface area contributed by atoms with Crippen LogP contribution in [0.25, 0.3) is 11.3 Å². The molecule has 1 aromatic heterocycles. The van der Waals surface area contributed by atoms with E-state index in [9.17, 15) is 18.3 Å². The van der Waals surface area contributed by atoms with Crippen LogP contribution in [-0.2, 0) is 10.0 Å². The number of aromatic hydroxyl groups is 1. The van der Waals surface area contributed by atoms with Gasteiger partial charge in [0.15, 0.2) is 5.13 Å². The smallest absolute Gasteiger partial charge is 0.261 e. The predicted octanol–water partition coefficient (Wildman–Crippen LogP) is 5.22. The topological polar surface area (TPSA) is 108 Å². The number of halogens is 1. The summed E-state index contributed by atoms with van der Waals surface area (Å²) >= 11 is 7.04. The van der Waals surface area contributed by atoms with Crippen LogP contribution in [0, 0.1) is 0 Å². The highest BCUT2D eigenvalue weighted by Crippen LogP contribution is 2.28. The molecule has 1 heterocycles. The van der Waals surface area contributed by atoms with Crippen LogP contribution in [0.5, 0.6) is 5.75 Å². The molecule has 10 heteroatoms. The zero-order valence-electron chi connectivity index (χ0n) is 16.3. The molecule has 0 radical (unpaired) electrons. The molecule has 0 saturated carbocycles. The molecule has 0 aliphatic heterocycles. The van der Waals surface area contributed by atoms with Crippen LogP contribution >= 0.6 is 22.9 Å². The summed E-state index contributed by atoms with van der Waals surface area (Å²) in [4.78, 5) is 16.8. The van der Waals surface area contributed by atoms with Crippen molar-refractivity contribution in [1.29, 1.82) is 0 Å². The van der Waals surface area contributed by atoms with E-state index in [1.807, 2.05) is 0 Å². The number of carbonyl (C=O) groups is 1. The van der Waals surface area contributed by atoms with Crippen molar-refractivity contribution in [3.63, 3.8) is 0 Å². The van der Waals surface area contributed by atoms with Gasteiger partial charge in [-0.25, -0.2) is 13.4 Å². The minimum absolute atomic E-state index is 0.0927. The van der Waals surface area contributed by atoms with E-state index in [-0.39, 0.29) is 16.2 Å². The number of rotatable bonds is 6. The summed E-state index contributed by atoms with van der Waals surface area (Å²) in [5.41, 5.74) is 1.74. The van der Waals surface area contributed by atoms with Gasteiger partial charge in [0.1, 0.15) is 5.75 Å². The van der Waals surface area contributed by atoms with Gasteiger partial charge in [-0.05, 0) is 48.5 Å². The maximum atomic E-state index is 12.6. The van der Waals surface area contributed by atoms with Crippen molar-refractivity contribution in [2.24, 2.45) is 0 Å². The molecular weight excluding hydrogens is 470 g/mol. The Balaban J connectivity index is 1.52. The first-order valence-corrected chi connectivity index (χ1v) is 12.0. The minimum Gasteiger partial charge on any atom is -0.507 e. The number of hydrogen-bond donors (Lipinski definition) is 3. The van der Waals surface area contributed by atoms with Crippen LogP contribution in [0.4, 0.5) is 10.8 Å². The summed E-state index contributed by atoms with van der Waals surface area (Å²) in [6.07, 6.45) is 0. The van der Waals surface area contributed by atoms with Gasteiger partial charge in [0, 0.05) is 21.7 Å². The number of aromatic nitrogens is 1. The second-order valence-corrected chi connectivity index (χ2v) is 9.63. The number of para-hydroxylation sites is 1. The number of phenols is 1. The van der Waals surface area contributed by atoms with Gasteiger partial charge in [-0.2, -0.15) is 0 Å². The number of benzene rings is 3. The zero-order chi connectivity index (χ0) is 22.7. The quantitative estimate of drug-likeness (QED) is 0.347. The van der Waals surface area contributed by atoms with Gasteiger partial charge >= 0.3 is 0 Å². The third-order valence-corrected chi connectivity index (χ3v) is 6.81. The molecule has 32 heavy (non-hydrogen) atoms. The third-order valence-electron chi connectivity index (χ3n) is 4.41. The molecule has 0 bridgehead atoms. The molecule has 0 atom stereocenters. The number of nitrogens with one attached hydrogen (secondary N) is 2. The van der Waals surface area contributed by atoms with E-state index in [4.69, 9.17) is 11.6 Å². The fourth-order valence-electron chi connectivity index (χ4n) is 2.86. The monoisotopic (exact) mass is 485 g/mol. The van der Waals surface area contributed by atoms with Crippen LogP contribution in [0.2, 0.25) is 5.02 Å². The molecule has 0 unspecified atom stereocenters. The molecule has 0 saturated heterocycles. The van der Waals surface area contributed by atoms with E-state index in [1.165, 1.54) is 47.7 Å². The van der Waals surface area contributed by atoms with Crippen molar-refractivity contribution in [2.45, 2.75) is 4.90 Å². The van der Waals surface area contributed by atoms with Crippen molar-refractivity contribution in [3.8, 4) is 17.0 Å². The highest BCUT2D eigenvalue weighted by atomic mass is 35.5. The van der Waals surface area contributed by atoms with Crippen LogP contribution < -0.4 is 10.0 Å². The number of nitrogens with zero attached hydrogens (tertiary/aromatic N) is 1. The maximum absolute atomic E-state index is 12.6. The normalized spacial score (nSPS) is 11.2. The van der Waals surface area contributed by atoms with E-state index in [0.717, 1.165) is 0 Å². The van der Waals surface area contributed by atoms with Crippen molar-refractivity contribution in [1.82, 2.24) is 4.98 Å². The average molecular weight is 486 g/mol. The summed E-state index contributed by atoms with van der Waals surface area (Å²) in [6.45, 7) is 0. The molecule has 3 aromatic carbocycles. The molecule has 4 rings (SSSR count). The van der Waals surface area contributed by atoms with Crippen LogP contribution in [0.1, 0.15) is 10.4 Å². The molecule has 0 spiro atoms. The first-order chi connectivity index (χ1) is 15.3. The largest absolute Gasteiger partial charge is 0.507 e. The van der Waals surface area contributed by atoms with Gasteiger partial charge in [-0.15, -0.1) is 11.3 Å². The summed E-state index contributed by atoms with van der Waals surface area (Å²) in [5.74, 6) is -0.601. The Kier molecular flexibility index (Phi) is 6.13. The lowest BCUT2D eigenvalue weighted by Crippen LogP contribution is -2.12. The van der Waals surface area contributed by atoms with Crippen LogP contribution in [0.15, 0.2) is 83.1 Å². The molecule has 162 valence electrons. The standard InChI is InChI=1S/C22H16ClN3O4S2/c23-15-8-10-17(11-9-15)32(29,30)26-16-5-3-4-14(12-16)19-13-31-22(24-19)25-21(28)18-6-1-2-7-20(18)27/h1-13,26-27H,(H,24,25,28). The molecule has 3 N–H and O–H groups in total. The summed E-state index contributed by atoms with van der Waals surface area (Å²) in [6, 6.07) is 18.8. The number of thiazole rings is 1. The van der Waals surface area contributed by atoms with Crippen LogP contribution in [0.3, 0.4) is 0 Å².